The summed E-state index contributed by atoms with van der Waals surface area (Å²) in [6.07, 6.45) is 0. The van der Waals surface area contributed by atoms with E-state index in [4.69, 9.17) is 0 Å². The van der Waals surface area contributed by atoms with Crippen LogP contribution >= 0.6 is 0 Å². The molecule has 0 bridgehead atoms. The van der Waals surface area contributed by atoms with Crippen molar-refractivity contribution in [2.45, 2.75) is 46.6 Å². The highest BCUT2D eigenvalue weighted by molar-refractivity contribution is 5.81. The molecule has 0 radical (unpaired) electrons. The summed E-state index contributed by atoms with van der Waals surface area (Å²) in [4.78, 5) is 22.9. The van der Waals surface area contributed by atoms with Crippen LogP contribution in [0.15, 0.2) is 6.07 Å². The van der Waals surface area contributed by atoms with E-state index < -0.39 is 0 Å². The summed E-state index contributed by atoms with van der Waals surface area (Å²) < 4.78 is 0. The van der Waals surface area contributed by atoms with E-state index in [1.54, 1.807) is 0 Å². The van der Waals surface area contributed by atoms with Gasteiger partial charge in [-0.2, -0.15) is 0 Å². The minimum atomic E-state index is 0.00238. The molecule has 0 saturated heterocycles. The van der Waals surface area contributed by atoms with Crippen LogP contribution in [0, 0.1) is 0 Å². The van der Waals surface area contributed by atoms with Gasteiger partial charge >= 0.3 is 0 Å². The zero-order valence-corrected chi connectivity index (χ0v) is 13.9. The van der Waals surface area contributed by atoms with Gasteiger partial charge in [-0.3, -0.25) is 4.79 Å². The zero-order chi connectivity index (χ0) is 16.0. The van der Waals surface area contributed by atoms with E-state index in [0.29, 0.717) is 13.1 Å². The second-order valence-electron chi connectivity index (χ2n) is 5.61. The molecule has 0 atom stereocenters. The van der Waals surface area contributed by atoms with Crippen molar-refractivity contribution in [2.24, 2.45) is 0 Å². The Labute approximate surface area is 127 Å². The van der Waals surface area contributed by atoms with Crippen LogP contribution in [-0.4, -0.2) is 42.1 Å². The summed E-state index contributed by atoms with van der Waals surface area (Å²) in [7, 11) is 1.83. The fourth-order valence-corrected chi connectivity index (χ4v) is 1.90. The highest BCUT2D eigenvalue weighted by atomic mass is 16.2. The quantitative estimate of drug-likeness (QED) is 0.804. The second kappa shape index (κ2) is 7.81. The maximum atomic E-state index is 12.0. The van der Waals surface area contributed by atoms with Crippen molar-refractivity contribution in [1.29, 1.82) is 0 Å². The van der Waals surface area contributed by atoms with Gasteiger partial charge in [0.05, 0.1) is 6.54 Å². The van der Waals surface area contributed by atoms with Crippen molar-refractivity contribution >= 4 is 17.5 Å². The van der Waals surface area contributed by atoms with Crippen LogP contribution in [0.5, 0.6) is 0 Å². The maximum Gasteiger partial charge on any atom is 0.239 e. The van der Waals surface area contributed by atoms with E-state index in [1.165, 1.54) is 0 Å². The molecule has 0 unspecified atom stereocenters. The topological polar surface area (TPSA) is 70.2 Å². The Balaban J connectivity index is 2.98. The number of nitrogens with one attached hydrogen (secondary N) is 2. The van der Waals surface area contributed by atoms with E-state index in [0.717, 1.165) is 17.5 Å². The Kier molecular flexibility index (Phi) is 6.39. The van der Waals surface area contributed by atoms with Crippen LogP contribution in [0.2, 0.25) is 0 Å². The Morgan fingerprint density at radius 1 is 1.29 bits per heavy atom. The van der Waals surface area contributed by atoms with Crippen molar-refractivity contribution in [3.8, 4) is 0 Å². The molecule has 0 saturated carbocycles. The zero-order valence-electron chi connectivity index (χ0n) is 13.9. The Morgan fingerprint density at radius 2 is 1.95 bits per heavy atom. The summed E-state index contributed by atoms with van der Waals surface area (Å²) in [5, 5.41) is 5.95. The van der Waals surface area contributed by atoms with Crippen molar-refractivity contribution in [2.75, 3.05) is 30.4 Å². The number of hydrogen-bond acceptors (Lipinski definition) is 5. The molecule has 0 spiro atoms. The monoisotopic (exact) mass is 293 g/mol. The molecule has 21 heavy (non-hydrogen) atoms. The first-order valence-electron chi connectivity index (χ1n) is 7.48. The lowest BCUT2D eigenvalue weighted by molar-refractivity contribution is -0.120. The molecule has 118 valence electrons. The number of likely N-dealkylation sites (N-methyl/N-ethyl adjacent to an activating group) is 1. The summed E-state index contributed by atoms with van der Waals surface area (Å²) in [6.45, 7) is 11.0. The lowest BCUT2D eigenvalue weighted by Gasteiger charge is -2.23. The predicted octanol–water partition coefficient (Wildman–Crippen LogP) is 1.99. The SMILES string of the molecule is CCN(CC(=O)NC(C)C)c1cc(NC)nc(C(C)C)n1. The molecule has 0 fully saturated rings. The van der Waals surface area contributed by atoms with Crippen LogP contribution in [0.1, 0.15) is 46.4 Å². The van der Waals surface area contributed by atoms with Gasteiger partial charge in [0, 0.05) is 31.6 Å². The first kappa shape index (κ1) is 17.2. The van der Waals surface area contributed by atoms with Gasteiger partial charge in [0.25, 0.3) is 0 Å². The third-order valence-corrected chi connectivity index (χ3v) is 2.99. The second-order valence-corrected chi connectivity index (χ2v) is 5.61. The Morgan fingerprint density at radius 3 is 2.43 bits per heavy atom. The average Bonchev–Trinajstić information content (AvgIpc) is 2.43. The standard InChI is InChI=1S/C15H27N5O/c1-7-20(9-14(21)17-11(4)5)13-8-12(16-6)18-15(19-13)10(2)3/h8,10-11H,7,9H2,1-6H3,(H,17,21)(H,16,18,19). The molecular weight excluding hydrogens is 266 g/mol. The van der Waals surface area contributed by atoms with Gasteiger partial charge in [-0.05, 0) is 20.8 Å². The fourth-order valence-electron chi connectivity index (χ4n) is 1.90. The molecule has 0 aromatic carbocycles. The molecule has 1 aromatic rings. The van der Waals surface area contributed by atoms with Crippen LogP contribution in [0.25, 0.3) is 0 Å². The molecule has 1 rings (SSSR count). The predicted molar refractivity (Wildman–Crippen MR) is 86.8 cm³/mol. The highest BCUT2D eigenvalue weighted by Gasteiger charge is 2.15. The molecule has 1 heterocycles. The minimum absolute atomic E-state index is 0.00238. The van der Waals surface area contributed by atoms with Gasteiger partial charge in [0.2, 0.25) is 5.91 Å². The van der Waals surface area contributed by atoms with Crippen molar-refractivity contribution in [1.82, 2.24) is 15.3 Å². The molecule has 1 aromatic heterocycles. The van der Waals surface area contributed by atoms with E-state index in [9.17, 15) is 4.79 Å². The third kappa shape index (κ3) is 5.21. The van der Waals surface area contributed by atoms with Gasteiger partial charge in [-0.25, -0.2) is 9.97 Å². The molecule has 1 amide bonds. The molecule has 2 N–H and O–H groups in total. The lowest BCUT2D eigenvalue weighted by atomic mass is 10.2. The number of rotatable bonds is 7. The minimum Gasteiger partial charge on any atom is -0.373 e. The number of anilines is 2. The number of aromatic nitrogens is 2. The van der Waals surface area contributed by atoms with E-state index in [-0.39, 0.29) is 17.9 Å². The summed E-state index contributed by atoms with van der Waals surface area (Å²) in [6, 6.07) is 2.01. The van der Waals surface area contributed by atoms with E-state index in [2.05, 4.69) is 34.4 Å². The molecular formula is C15H27N5O. The van der Waals surface area contributed by atoms with Gasteiger partial charge in [0.1, 0.15) is 17.5 Å². The summed E-state index contributed by atoms with van der Waals surface area (Å²) in [5.74, 6) is 2.56. The summed E-state index contributed by atoms with van der Waals surface area (Å²) in [5.41, 5.74) is 0. The largest absolute Gasteiger partial charge is 0.373 e. The lowest BCUT2D eigenvalue weighted by Crippen LogP contribution is -2.40. The van der Waals surface area contributed by atoms with E-state index in [1.807, 2.05) is 38.8 Å². The van der Waals surface area contributed by atoms with Gasteiger partial charge < -0.3 is 15.5 Å². The molecule has 0 aliphatic heterocycles. The van der Waals surface area contributed by atoms with Crippen molar-refractivity contribution in [3.05, 3.63) is 11.9 Å². The van der Waals surface area contributed by atoms with Crippen LogP contribution in [0.4, 0.5) is 11.6 Å². The molecule has 0 aliphatic carbocycles. The molecule has 6 heteroatoms. The summed E-state index contributed by atoms with van der Waals surface area (Å²) >= 11 is 0. The maximum absolute atomic E-state index is 12.0. The van der Waals surface area contributed by atoms with Crippen LogP contribution < -0.4 is 15.5 Å². The molecule has 0 aliphatic rings. The van der Waals surface area contributed by atoms with Gasteiger partial charge in [-0.15, -0.1) is 0 Å². The van der Waals surface area contributed by atoms with E-state index >= 15 is 0 Å². The fraction of sp³-hybridized carbons (Fsp3) is 0.667. The van der Waals surface area contributed by atoms with Crippen LogP contribution in [0.3, 0.4) is 0 Å². The first-order chi connectivity index (χ1) is 9.87. The first-order valence-corrected chi connectivity index (χ1v) is 7.48. The van der Waals surface area contributed by atoms with Gasteiger partial charge in [-0.1, -0.05) is 13.8 Å². The number of hydrogen-bond donors (Lipinski definition) is 2. The smallest absolute Gasteiger partial charge is 0.239 e. The Hall–Kier alpha value is -1.85. The number of carbonyl (C=O) groups excluding carboxylic acids is 1. The van der Waals surface area contributed by atoms with Gasteiger partial charge in [0.15, 0.2) is 0 Å². The number of amides is 1. The van der Waals surface area contributed by atoms with Crippen molar-refractivity contribution in [3.63, 3.8) is 0 Å². The number of nitrogens with zero attached hydrogens (tertiary/aromatic N) is 3. The average molecular weight is 293 g/mol. The molecule has 6 nitrogen and oxygen atoms in total. The normalized spacial score (nSPS) is 10.9. The third-order valence-electron chi connectivity index (χ3n) is 2.99. The van der Waals surface area contributed by atoms with Crippen molar-refractivity contribution < 1.29 is 4.79 Å². The number of carbonyl (C=O) groups is 1. The Bertz CT molecular complexity index is 473. The van der Waals surface area contributed by atoms with Crippen LogP contribution in [-0.2, 0) is 4.79 Å². The highest BCUT2D eigenvalue weighted by Crippen LogP contribution is 2.19.